The molecule has 2 aliphatic rings. The van der Waals surface area contributed by atoms with Crippen molar-refractivity contribution in [2.45, 2.75) is 68.9 Å². The molecule has 19 nitrogen and oxygen atoms in total. The van der Waals surface area contributed by atoms with E-state index in [4.69, 9.17) is 23.5 Å². The summed E-state index contributed by atoms with van der Waals surface area (Å²) in [6.45, 7) is 1.64. The molecule has 3 aromatic heterocycles. The fourth-order valence-electron chi connectivity index (χ4n) is 8.62. The van der Waals surface area contributed by atoms with Crippen LogP contribution in [0.15, 0.2) is 94.6 Å². The summed E-state index contributed by atoms with van der Waals surface area (Å²) in [7, 11) is 0. The van der Waals surface area contributed by atoms with Crippen LogP contribution in [-0.4, -0.2) is 124 Å². The monoisotopic (exact) mass is 885 g/mol. The van der Waals surface area contributed by atoms with E-state index in [1.807, 2.05) is 32.0 Å². The van der Waals surface area contributed by atoms with Gasteiger partial charge in [-0.15, -0.1) is 0 Å². The van der Waals surface area contributed by atoms with Gasteiger partial charge in [0.05, 0.1) is 29.3 Å². The highest BCUT2D eigenvalue weighted by Crippen LogP contribution is 2.38. The minimum absolute atomic E-state index is 0.00482. The maximum absolute atomic E-state index is 13.7. The number of carbonyl (C=O) groups excluding carboxylic acids is 1. The van der Waals surface area contributed by atoms with Crippen molar-refractivity contribution in [3.63, 3.8) is 0 Å². The lowest BCUT2D eigenvalue weighted by molar-refractivity contribution is -0.356. The number of aryl methyl sites for hydroxylation is 2. The number of aliphatic hydroxyl groups is 6. The number of carboxylic acids is 1. The average Bonchev–Trinajstić information content (AvgIpc) is 3.85. The van der Waals surface area contributed by atoms with E-state index in [9.17, 15) is 55.2 Å². The Morgan fingerprint density at radius 1 is 1.00 bits per heavy atom. The Hall–Kier alpha value is -6.29. The first-order valence-electron chi connectivity index (χ1n) is 20.4. The molecule has 338 valence electrons. The standard InChI is InChI=1S/C45H47N3O16/c1-22-14-23(2)16-26(15-22)35-34-25(11-13-46-34)18-48(35)64-39-37(53)38(54)40(44(58,21-50)63-42(57)33(41(55)56)45(59)27(19-49)4-3-12-47-45)62-43(39)61-29-9-10-30-32(17-29)60-20-31(36(30)52)24-5-7-28(51)8-6-24/h5-11,13-18,20,27,33,37-40,43,46-47,49-51,53-54,58-59H,3-4,12,19,21H2,1-2H3,(H,55,56)/t27-,33-,37+,38+,39-,40+,43-,44+,45+/m0/s1. The highest BCUT2D eigenvalue weighted by Gasteiger charge is 2.60. The number of aromatic hydroxyl groups is 1. The number of carbonyl (C=O) groups is 2. The number of hydrogen-bond acceptors (Lipinski definition) is 16. The van der Waals surface area contributed by atoms with Crippen molar-refractivity contribution in [3.05, 3.63) is 107 Å². The zero-order valence-corrected chi connectivity index (χ0v) is 34.5. The lowest BCUT2D eigenvalue weighted by Gasteiger charge is -2.47. The van der Waals surface area contributed by atoms with Gasteiger partial charge in [0.15, 0.2) is 17.5 Å². The van der Waals surface area contributed by atoms with Crippen LogP contribution in [0, 0.1) is 25.7 Å². The number of piperidine rings is 1. The molecule has 9 atom stereocenters. The molecule has 2 aliphatic heterocycles. The van der Waals surface area contributed by atoms with Crippen LogP contribution >= 0.6 is 0 Å². The summed E-state index contributed by atoms with van der Waals surface area (Å²) >= 11 is 0. The van der Waals surface area contributed by atoms with E-state index in [2.05, 4.69) is 10.3 Å². The summed E-state index contributed by atoms with van der Waals surface area (Å²) < 4.78 is 24.7. The van der Waals surface area contributed by atoms with Gasteiger partial charge in [0.25, 0.3) is 5.79 Å². The largest absolute Gasteiger partial charge is 0.508 e. The molecule has 0 radical (unpaired) electrons. The number of aromatic amines is 1. The summed E-state index contributed by atoms with van der Waals surface area (Å²) in [4.78, 5) is 49.5. The normalized spacial score (nSPS) is 25.1. The third kappa shape index (κ3) is 8.07. The van der Waals surface area contributed by atoms with E-state index in [1.165, 1.54) is 41.3 Å². The SMILES string of the molecule is Cc1cc(C)cc(-c2c3[nH]ccc3cn2O[C@@H]2[C@@H](Oc3ccc4c(=O)c(-c5ccc(O)cc5)coc4c3)O[C@@H]([C@@](O)(CO)OC(=O)[C@H](C(=O)O)[C@@]3(O)NCCC[C@H]3CO)[C@H](O)[C@H]2O)c1. The number of rotatable bonds is 13. The molecular weight excluding hydrogens is 839 g/mol. The predicted octanol–water partition coefficient (Wildman–Crippen LogP) is 1.66. The van der Waals surface area contributed by atoms with E-state index in [0.29, 0.717) is 34.1 Å². The number of fused-ring (bicyclic) bond motifs is 2. The quantitative estimate of drug-likeness (QED) is 0.0448. The topological polar surface area (TPSA) is 296 Å². The first-order chi connectivity index (χ1) is 30.5. The number of H-pyrrole nitrogens is 1. The Balaban J connectivity index is 1.17. The van der Waals surface area contributed by atoms with Crippen LogP contribution in [0.4, 0.5) is 0 Å². The minimum atomic E-state index is -3.31. The number of phenols is 1. The number of aliphatic hydroxyl groups excluding tert-OH is 4. The number of hydrogen-bond donors (Lipinski definition) is 10. The highest BCUT2D eigenvalue weighted by molar-refractivity contribution is 5.96. The fraction of sp³-hybridized carbons (Fsp3) is 0.356. The Morgan fingerprint density at radius 3 is 2.42 bits per heavy atom. The third-order valence-corrected chi connectivity index (χ3v) is 11.8. The number of nitrogens with zero attached hydrogens (tertiary/aromatic N) is 1. The lowest BCUT2D eigenvalue weighted by Crippen LogP contribution is -2.70. The van der Waals surface area contributed by atoms with Crippen LogP contribution in [0.2, 0.25) is 0 Å². The molecule has 19 heteroatoms. The number of nitrogens with one attached hydrogen (secondary N) is 2. The molecule has 2 saturated heterocycles. The third-order valence-electron chi connectivity index (χ3n) is 11.8. The van der Waals surface area contributed by atoms with Crippen LogP contribution in [-0.2, 0) is 19.1 Å². The number of carboxylic acid groups (broad SMARTS) is 1. The van der Waals surface area contributed by atoms with Crippen molar-refractivity contribution in [3.8, 4) is 33.9 Å². The Bertz CT molecular complexity index is 2730. The summed E-state index contributed by atoms with van der Waals surface area (Å²) in [6.07, 6.45) is -5.08. The van der Waals surface area contributed by atoms with Crippen molar-refractivity contribution in [2.75, 3.05) is 19.8 Å². The average molecular weight is 886 g/mol. The fourth-order valence-corrected chi connectivity index (χ4v) is 8.62. The van der Waals surface area contributed by atoms with Gasteiger partial charge in [-0.1, -0.05) is 29.3 Å². The molecule has 3 aromatic carbocycles. The summed E-state index contributed by atoms with van der Waals surface area (Å²) in [5.41, 5.74) is 1.48. The number of ether oxygens (including phenoxy) is 3. The maximum Gasteiger partial charge on any atom is 0.327 e. The maximum atomic E-state index is 13.7. The van der Waals surface area contributed by atoms with Crippen LogP contribution in [0.25, 0.3) is 44.3 Å². The highest BCUT2D eigenvalue weighted by atomic mass is 16.8. The smallest absolute Gasteiger partial charge is 0.327 e. The number of aromatic nitrogens is 2. The van der Waals surface area contributed by atoms with Crippen molar-refractivity contribution < 1.29 is 73.9 Å². The van der Waals surface area contributed by atoms with Crippen molar-refractivity contribution in [1.29, 1.82) is 0 Å². The van der Waals surface area contributed by atoms with Gasteiger partial charge in [0.2, 0.25) is 12.4 Å². The van der Waals surface area contributed by atoms with Crippen LogP contribution in [0.5, 0.6) is 11.5 Å². The molecule has 10 N–H and O–H groups in total. The Kier molecular flexibility index (Phi) is 12.0. The lowest BCUT2D eigenvalue weighted by atomic mass is 9.79. The molecule has 0 amide bonds. The van der Waals surface area contributed by atoms with Gasteiger partial charge in [-0.05, 0) is 81.3 Å². The number of phenolic OH excluding ortho intramolecular Hbond substituents is 1. The molecule has 8 rings (SSSR count). The summed E-state index contributed by atoms with van der Waals surface area (Å²) in [5, 5.41) is 90.7. The number of aliphatic carboxylic acids is 1. The Labute approximate surface area is 363 Å². The van der Waals surface area contributed by atoms with Gasteiger partial charge < -0.3 is 69.3 Å². The molecule has 0 aliphatic carbocycles. The molecule has 0 unspecified atom stereocenters. The first-order valence-corrected chi connectivity index (χ1v) is 20.4. The second-order valence-corrected chi connectivity index (χ2v) is 16.2. The molecule has 6 aromatic rings. The van der Waals surface area contributed by atoms with Gasteiger partial charge in [-0.2, -0.15) is 4.73 Å². The van der Waals surface area contributed by atoms with E-state index in [-0.39, 0.29) is 41.0 Å². The van der Waals surface area contributed by atoms with Crippen molar-refractivity contribution in [2.24, 2.45) is 11.8 Å². The molecule has 0 saturated carbocycles. The van der Waals surface area contributed by atoms with E-state index < -0.39 is 84.6 Å². The van der Waals surface area contributed by atoms with Crippen LogP contribution < -0.4 is 20.3 Å². The molecule has 64 heavy (non-hydrogen) atoms. The van der Waals surface area contributed by atoms with Gasteiger partial charge in [0, 0.05) is 29.1 Å². The van der Waals surface area contributed by atoms with E-state index >= 15 is 0 Å². The number of benzene rings is 3. The molecule has 0 bridgehead atoms. The van der Waals surface area contributed by atoms with Gasteiger partial charge in [0.1, 0.15) is 53.6 Å². The van der Waals surface area contributed by atoms with Crippen molar-refractivity contribution in [1.82, 2.24) is 15.0 Å². The van der Waals surface area contributed by atoms with Crippen LogP contribution in [0.1, 0.15) is 24.0 Å². The number of esters is 1. The van der Waals surface area contributed by atoms with Crippen LogP contribution in [0.3, 0.4) is 0 Å². The van der Waals surface area contributed by atoms with Gasteiger partial charge >= 0.3 is 11.9 Å². The predicted molar refractivity (Wildman–Crippen MR) is 224 cm³/mol. The zero-order valence-electron chi connectivity index (χ0n) is 34.5. The van der Waals surface area contributed by atoms with E-state index in [1.54, 1.807) is 30.6 Å². The second-order valence-electron chi connectivity index (χ2n) is 16.2. The summed E-state index contributed by atoms with van der Waals surface area (Å²) in [6, 6.07) is 17.6. The first kappa shape index (κ1) is 44.3. The second kappa shape index (κ2) is 17.4. The van der Waals surface area contributed by atoms with Crippen molar-refractivity contribution >= 4 is 33.8 Å². The van der Waals surface area contributed by atoms with Gasteiger partial charge in [-0.3, -0.25) is 19.7 Å². The zero-order chi connectivity index (χ0) is 45.7. The molecule has 0 spiro atoms. The molecular formula is C45H47N3O16. The van der Waals surface area contributed by atoms with Gasteiger partial charge in [-0.25, -0.2) is 0 Å². The Morgan fingerprint density at radius 2 is 1.73 bits per heavy atom. The van der Waals surface area contributed by atoms with E-state index in [0.717, 1.165) is 11.1 Å². The summed E-state index contributed by atoms with van der Waals surface area (Å²) in [5.74, 6) is -10.7. The molecule has 2 fully saturated rings. The molecule has 5 heterocycles. The minimum Gasteiger partial charge on any atom is -0.508 e.